The van der Waals surface area contributed by atoms with Crippen LogP contribution in [0.5, 0.6) is 0 Å². The van der Waals surface area contributed by atoms with Gasteiger partial charge in [0.25, 0.3) is 0 Å². The molecule has 1 aliphatic rings. The Bertz CT molecular complexity index is 1180. The van der Waals surface area contributed by atoms with Gasteiger partial charge in [-0.15, -0.1) is 14.1 Å². The molecule has 1 atom stereocenters. The van der Waals surface area contributed by atoms with Gasteiger partial charge in [0.15, 0.2) is 0 Å². The van der Waals surface area contributed by atoms with Crippen LogP contribution in [-0.2, 0) is 22.7 Å². The van der Waals surface area contributed by atoms with E-state index in [0.29, 0.717) is 36.6 Å². The Morgan fingerprint density at radius 2 is 1.91 bits per heavy atom. The lowest BCUT2D eigenvalue weighted by Gasteiger charge is -2.27. The van der Waals surface area contributed by atoms with Gasteiger partial charge in [-0.3, -0.25) is 9.69 Å². The lowest BCUT2D eigenvalue weighted by Crippen LogP contribution is -2.30. The van der Waals surface area contributed by atoms with E-state index in [0.717, 1.165) is 11.6 Å². The number of hydrogen-bond acceptors (Lipinski definition) is 5. The molecule has 1 amide bonds. The highest BCUT2D eigenvalue weighted by Crippen LogP contribution is 2.32. The molecule has 1 fully saturated rings. The summed E-state index contributed by atoms with van der Waals surface area (Å²) >= 11 is 5.59. The van der Waals surface area contributed by atoms with E-state index in [4.69, 9.17) is 16.3 Å². The molecule has 3 aromatic rings. The monoisotopic (exact) mass is 519 g/mol. The first-order valence-corrected chi connectivity index (χ1v) is 15.6. The van der Waals surface area contributed by atoms with Crippen molar-refractivity contribution in [3.8, 4) is 11.3 Å². The van der Waals surface area contributed by atoms with Crippen molar-refractivity contribution in [3.05, 3.63) is 58.9 Å². The van der Waals surface area contributed by atoms with Gasteiger partial charge in [-0.1, -0.05) is 11.6 Å². The smallest absolute Gasteiger partial charge is 0.231 e. The second-order valence-electron chi connectivity index (χ2n) is 9.92. The minimum absolute atomic E-state index is 0.122. The molecule has 4 rings (SSSR count). The second-order valence-corrected chi connectivity index (χ2v) is 15.9. The molecule has 3 heterocycles. The van der Waals surface area contributed by atoms with Crippen molar-refractivity contribution in [1.82, 2.24) is 20.0 Å². The minimum Gasteiger partial charge on any atom is -0.362 e. The van der Waals surface area contributed by atoms with Crippen LogP contribution in [0.15, 0.2) is 36.7 Å². The molecular weight excluding hydrogens is 492 g/mol. The quantitative estimate of drug-likeness (QED) is 0.221. The van der Waals surface area contributed by atoms with Crippen LogP contribution in [0.25, 0.3) is 11.3 Å². The van der Waals surface area contributed by atoms with Gasteiger partial charge in [-0.2, -0.15) is 34.9 Å². The average molecular weight is 520 g/mol. The van der Waals surface area contributed by atoms with Crippen LogP contribution in [0.2, 0.25) is 30.7 Å². The molecule has 0 radical (unpaired) electrons. The topological polar surface area (TPSA) is 73.1 Å². The molecule has 7 nitrogen and oxygen atoms in total. The summed E-state index contributed by atoms with van der Waals surface area (Å²) in [6, 6.07) is 7.03. The lowest BCUT2D eigenvalue weighted by atomic mass is 9.98. The third-order valence-corrected chi connectivity index (χ3v) is 8.03. The number of carbonyl (C=O) groups is 1. The molecular formula is C24H28ClF2N5O2Si-. The lowest BCUT2D eigenvalue weighted by molar-refractivity contribution is -0.120. The highest BCUT2D eigenvalue weighted by Gasteiger charge is 2.35. The van der Waals surface area contributed by atoms with E-state index in [2.05, 4.69) is 34.9 Å². The third kappa shape index (κ3) is 6.12. The third-order valence-electron chi connectivity index (χ3n) is 5.97. The van der Waals surface area contributed by atoms with Crippen LogP contribution >= 0.6 is 11.6 Å². The number of halogens is 3. The molecule has 0 N–H and O–H groups in total. The van der Waals surface area contributed by atoms with E-state index in [-0.39, 0.29) is 19.1 Å². The van der Waals surface area contributed by atoms with Crippen molar-refractivity contribution in [2.24, 2.45) is 5.92 Å². The molecule has 1 saturated heterocycles. The van der Waals surface area contributed by atoms with Crippen molar-refractivity contribution in [3.63, 3.8) is 0 Å². The van der Waals surface area contributed by atoms with Gasteiger partial charge in [0.05, 0.1) is 18.1 Å². The van der Waals surface area contributed by atoms with E-state index in [1.807, 2.05) is 6.07 Å². The molecule has 0 saturated carbocycles. The number of nitrogens with zero attached hydrogens (tertiary/aromatic N) is 5. The summed E-state index contributed by atoms with van der Waals surface area (Å²) in [4.78, 5) is 15.0. The van der Waals surface area contributed by atoms with Crippen molar-refractivity contribution in [2.45, 2.75) is 45.3 Å². The molecule has 35 heavy (non-hydrogen) atoms. The number of benzene rings is 1. The van der Waals surface area contributed by atoms with Crippen molar-refractivity contribution < 1.29 is 18.3 Å². The van der Waals surface area contributed by atoms with E-state index in [1.165, 1.54) is 12.1 Å². The Balaban J connectivity index is 1.54. The number of ether oxygens (including phenoxy) is 1. The van der Waals surface area contributed by atoms with Crippen LogP contribution < -0.4 is 4.90 Å². The Morgan fingerprint density at radius 3 is 2.57 bits per heavy atom. The number of anilines is 1. The van der Waals surface area contributed by atoms with Crippen molar-refractivity contribution in [2.75, 3.05) is 18.1 Å². The number of aromatic nitrogens is 4. The van der Waals surface area contributed by atoms with Gasteiger partial charge in [0, 0.05) is 30.7 Å². The molecule has 1 unspecified atom stereocenters. The molecule has 0 spiro atoms. The predicted molar refractivity (Wildman–Crippen MR) is 133 cm³/mol. The first kappa shape index (κ1) is 25.4. The summed E-state index contributed by atoms with van der Waals surface area (Å²) in [5.41, 5.74) is 1.83. The largest absolute Gasteiger partial charge is 0.362 e. The Morgan fingerprint density at radius 1 is 1.17 bits per heavy atom. The summed E-state index contributed by atoms with van der Waals surface area (Å²) in [5, 5.41) is 11.9. The van der Waals surface area contributed by atoms with E-state index >= 15 is 0 Å². The average Bonchev–Trinajstić information content (AvgIpc) is 3.38. The number of amides is 1. The first-order valence-electron chi connectivity index (χ1n) is 11.5. The summed E-state index contributed by atoms with van der Waals surface area (Å²) in [7, 11) is -1.25. The summed E-state index contributed by atoms with van der Waals surface area (Å²) in [6.07, 6.45) is 3.97. The maximum absolute atomic E-state index is 13.9. The standard InChI is InChI=1S/C24H28ClF2N5O2Si/c1-35(2,3)9-8-34-15-32-22(13-21(30-32)18-4-6-28-29-14-18)31-7-5-17(24(31)33)10-16-11-19(26)23(25)20(27)12-16/h4,6,11-14,17H,5,7-10,15H2,1-3H3/q-1. The van der Waals surface area contributed by atoms with Gasteiger partial charge < -0.3 is 4.74 Å². The highest BCUT2D eigenvalue weighted by atomic mass is 35.5. The summed E-state index contributed by atoms with van der Waals surface area (Å²) in [6.45, 7) is 8.14. The van der Waals surface area contributed by atoms with Crippen molar-refractivity contribution >= 4 is 31.4 Å². The predicted octanol–water partition coefficient (Wildman–Crippen LogP) is 5.18. The van der Waals surface area contributed by atoms with Crippen LogP contribution in [0.4, 0.5) is 14.6 Å². The zero-order valence-electron chi connectivity index (χ0n) is 20.0. The van der Waals surface area contributed by atoms with Gasteiger partial charge in [0.2, 0.25) is 5.91 Å². The van der Waals surface area contributed by atoms with Crippen LogP contribution in [0.3, 0.4) is 0 Å². The molecule has 11 heteroatoms. The molecule has 1 aliphatic heterocycles. The molecule has 1 aromatic carbocycles. The van der Waals surface area contributed by atoms with E-state index in [1.54, 1.807) is 28.0 Å². The Hall–Kier alpha value is -2.69. The van der Waals surface area contributed by atoms with Crippen LogP contribution in [0.1, 0.15) is 12.0 Å². The highest BCUT2D eigenvalue weighted by molar-refractivity contribution is 6.76. The maximum Gasteiger partial charge on any atom is 0.231 e. The zero-order chi connectivity index (χ0) is 25.2. The van der Waals surface area contributed by atoms with E-state index < -0.39 is 30.6 Å². The molecule has 0 aliphatic carbocycles. The zero-order valence-corrected chi connectivity index (χ0v) is 21.7. The second kappa shape index (κ2) is 10.5. The van der Waals surface area contributed by atoms with E-state index in [9.17, 15) is 13.6 Å². The van der Waals surface area contributed by atoms with Crippen LogP contribution in [-0.4, -0.2) is 47.1 Å². The molecule has 2 aromatic heterocycles. The van der Waals surface area contributed by atoms with Crippen molar-refractivity contribution in [1.29, 1.82) is 0 Å². The van der Waals surface area contributed by atoms with Gasteiger partial charge >= 0.3 is 0 Å². The fraction of sp³-hybridized carbons (Fsp3) is 0.417. The van der Waals surface area contributed by atoms with Gasteiger partial charge in [-0.25, -0.2) is 13.5 Å². The number of carbonyl (C=O) groups excluding carboxylic acids is 1. The molecule has 0 bridgehead atoms. The van der Waals surface area contributed by atoms with Gasteiger partial charge in [-0.05, 0) is 36.6 Å². The minimum atomic E-state index is -1.25. The molecule has 187 valence electrons. The SMILES string of the molecule is C[Si-](C)(C)CCOCn1nc(-c2ccnnc2)cc1N1CCC(Cc2cc(F)c(Cl)c(F)c2)C1=O. The van der Waals surface area contributed by atoms with Gasteiger partial charge in [0.1, 0.15) is 29.2 Å². The Labute approximate surface area is 209 Å². The normalized spacial score (nSPS) is 16.3. The Kier molecular flexibility index (Phi) is 7.63. The van der Waals surface area contributed by atoms with Crippen LogP contribution in [0, 0.1) is 17.6 Å². The first-order chi connectivity index (χ1) is 16.6. The number of rotatable bonds is 9. The summed E-state index contributed by atoms with van der Waals surface area (Å²) in [5.74, 6) is -1.56. The fourth-order valence-electron chi connectivity index (χ4n) is 4.00. The maximum atomic E-state index is 13.9. The summed E-state index contributed by atoms with van der Waals surface area (Å²) < 4.78 is 35.4. The fourth-order valence-corrected chi connectivity index (χ4v) is 4.86. The number of hydrogen-bond donors (Lipinski definition) is 0.